The van der Waals surface area contributed by atoms with Gasteiger partial charge in [0.2, 0.25) is 0 Å². The monoisotopic (exact) mass is 223 g/mol. The average Bonchev–Trinajstić information content (AvgIpc) is 2.72. The van der Waals surface area contributed by atoms with Crippen LogP contribution in [-0.2, 0) is 6.54 Å². The van der Waals surface area contributed by atoms with Crippen LogP contribution in [0.3, 0.4) is 0 Å². The molecule has 0 saturated heterocycles. The van der Waals surface area contributed by atoms with E-state index in [1.807, 2.05) is 4.68 Å². The second-order valence-electron chi connectivity index (χ2n) is 4.47. The van der Waals surface area contributed by atoms with Crippen molar-refractivity contribution in [3.63, 3.8) is 0 Å². The van der Waals surface area contributed by atoms with Crippen molar-refractivity contribution in [1.82, 2.24) is 9.78 Å². The fourth-order valence-electron chi connectivity index (χ4n) is 2.66. The predicted octanol–water partition coefficient (Wildman–Crippen LogP) is 1.90. The molecule has 1 aliphatic rings. The second kappa shape index (κ2) is 4.87. The number of aromatic nitrogens is 2. The number of methoxy groups -OCH3 is 1. The largest absolute Gasteiger partial charge is 0.493 e. The number of hydrogen-bond acceptors (Lipinski definition) is 3. The van der Waals surface area contributed by atoms with Crippen LogP contribution in [0.15, 0.2) is 6.20 Å². The van der Waals surface area contributed by atoms with E-state index in [4.69, 9.17) is 10.5 Å². The van der Waals surface area contributed by atoms with E-state index in [2.05, 4.69) is 12.0 Å². The molecule has 0 aliphatic heterocycles. The Balaban J connectivity index is 2.32. The molecule has 1 saturated carbocycles. The normalized spacial score (nSPS) is 25.7. The van der Waals surface area contributed by atoms with Crippen molar-refractivity contribution >= 4 is 0 Å². The smallest absolute Gasteiger partial charge is 0.160 e. The molecule has 1 aromatic heterocycles. The third-order valence-corrected chi connectivity index (χ3v) is 3.53. The minimum Gasteiger partial charge on any atom is -0.493 e. The number of nitrogens with zero attached hydrogens (tertiary/aromatic N) is 2. The van der Waals surface area contributed by atoms with E-state index >= 15 is 0 Å². The van der Waals surface area contributed by atoms with Crippen molar-refractivity contribution in [3.8, 4) is 5.75 Å². The van der Waals surface area contributed by atoms with E-state index in [9.17, 15) is 0 Å². The lowest BCUT2D eigenvalue weighted by atomic mass is 9.82. The van der Waals surface area contributed by atoms with Crippen molar-refractivity contribution in [3.05, 3.63) is 11.9 Å². The highest BCUT2D eigenvalue weighted by molar-refractivity contribution is 5.30. The zero-order chi connectivity index (χ0) is 11.5. The average molecular weight is 223 g/mol. The molecule has 1 aromatic rings. The van der Waals surface area contributed by atoms with E-state index in [0.29, 0.717) is 5.92 Å². The third kappa shape index (κ3) is 1.94. The number of rotatable bonds is 3. The lowest BCUT2D eigenvalue weighted by molar-refractivity contribution is 0.345. The summed E-state index contributed by atoms with van der Waals surface area (Å²) in [5, 5.41) is 4.35. The van der Waals surface area contributed by atoms with Crippen LogP contribution < -0.4 is 10.5 Å². The Morgan fingerprint density at radius 1 is 1.50 bits per heavy atom. The number of ether oxygens (including phenoxy) is 1. The Bertz CT molecular complexity index is 327. The van der Waals surface area contributed by atoms with Gasteiger partial charge in [-0.1, -0.05) is 12.8 Å². The zero-order valence-corrected chi connectivity index (χ0v) is 10.1. The van der Waals surface area contributed by atoms with Crippen LogP contribution in [0.25, 0.3) is 0 Å². The Morgan fingerprint density at radius 3 is 2.88 bits per heavy atom. The van der Waals surface area contributed by atoms with Crippen molar-refractivity contribution in [2.24, 2.45) is 5.73 Å². The summed E-state index contributed by atoms with van der Waals surface area (Å²) in [7, 11) is 1.70. The predicted molar refractivity (Wildman–Crippen MR) is 63.6 cm³/mol. The number of aryl methyl sites for hydroxylation is 1. The molecule has 2 N–H and O–H groups in total. The molecule has 1 heterocycles. The Hall–Kier alpha value is -1.03. The molecule has 1 fully saturated rings. The maximum Gasteiger partial charge on any atom is 0.160 e. The fourth-order valence-corrected chi connectivity index (χ4v) is 2.66. The molecule has 0 aromatic carbocycles. The molecule has 1 aliphatic carbocycles. The van der Waals surface area contributed by atoms with E-state index in [0.717, 1.165) is 25.1 Å². The number of nitrogens with two attached hydrogens (primary N) is 1. The maximum absolute atomic E-state index is 6.22. The second-order valence-corrected chi connectivity index (χ2v) is 4.47. The van der Waals surface area contributed by atoms with Crippen LogP contribution in [0.4, 0.5) is 0 Å². The summed E-state index contributed by atoms with van der Waals surface area (Å²) < 4.78 is 7.41. The van der Waals surface area contributed by atoms with Crippen LogP contribution in [0.2, 0.25) is 0 Å². The maximum atomic E-state index is 6.22. The van der Waals surface area contributed by atoms with Gasteiger partial charge in [0.1, 0.15) is 0 Å². The van der Waals surface area contributed by atoms with Gasteiger partial charge >= 0.3 is 0 Å². The van der Waals surface area contributed by atoms with Gasteiger partial charge in [0.15, 0.2) is 5.75 Å². The van der Waals surface area contributed by atoms with Gasteiger partial charge in [-0.05, 0) is 19.8 Å². The lowest BCUT2D eigenvalue weighted by Crippen LogP contribution is -2.33. The molecular formula is C12H21N3O. The van der Waals surface area contributed by atoms with Crippen LogP contribution in [0.1, 0.15) is 44.2 Å². The van der Waals surface area contributed by atoms with Crippen molar-refractivity contribution < 1.29 is 4.74 Å². The Labute approximate surface area is 96.8 Å². The van der Waals surface area contributed by atoms with Gasteiger partial charge in [0, 0.05) is 18.5 Å². The van der Waals surface area contributed by atoms with E-state index in [1.165, 1.54) is 18.5 Å². The Morgan fingerprint density at radius 2 is 2.25 bits per heavy atom. The van der Waals surface area contributed by atoms with Gasteiger partial charge in [-0.15, -0.1) is 0 Å². The van der Waals surface area contributed by atoms with Crippen LogP contribution in [0.5, 0.6) is 5.75 Å². The summed E-state index contributed by atoms with van der Waals surface area (Å²) >= 11 is 0. The highest BCUT2D eigenvalue weighted by Crippen LogP contribution is 2.36. The summed E-state index contributed by atoms with van der Waals surface area (Å²) in [5.74, 6) is 1.30. The molecular weight excluding hydrogens is 202 g/mol. The first-order valence-electron chi connectivity index (χ1n) is 6.13. The molecule has 0 radical (unpaired) electrons. The molecule has 2 unspecified atom stereocenters. The standard InChI is InChI=1S/C12H21N3O/c1-3-15-12(11(16-2)8-14-15)9-6-4-5-7-10(9)13/h8-10H,3-7,13H2,1-2H3. The lowest BCUT2D eigenvalue weighted by Gasteiger charge is -2.29. The van der Waals surface area contributed by atoms with Crippen LogP contribution in [0, 0.1) is 0 Å². The van der Waals surface area contributed by atoms with Gasteiger partial charge in [0.25, 0.3) is 0 Å². The first-order valence-corrected chi connectivity index (χ1v) is 6.13. The molecule has 0 spiro atoms. The molecule has 90 valence electrons. The summed E-state index contributed by atoms with van der Waals surface area (Å²) in [6.07, 6.45) is 6.59. The van der Waals surface area contributed by atoms with Gasteiger partial charge in [-0.25, -0.2) is 0 Å². The third-order valence-electron chi connectivity index (χ3n) is 3.53. The zero-order valence-electron chi connectivity index (χ0n) is 10.1. The summed E-state index contributed by atoms with van der Waals surface area (Å²) in [4.78, 5) is 0. The molecule has 2 atom stereocenters. The summed E-state index contributed by atoms with van der Waals surface area (Å²) in [6.45, 7) is 2.98. The van der Waals surface area contributed by atoms with Crippen LogP contribution >= 0.6 is 0 Å². The quantitative estimate of drug-likeness (QED) is 0.851. The van der Waals surface area contributed by atoms with Gasteiger partial charge in [-0.3, -0.25) is 4.68 Å². The van der Waals surface area contributed by atoms with E-state index in [1.54, 1.807) is 13.3 Å². The minimum absolute atomic E-state index is 0.254. The highest BCUT2D eigenvalue weighted by Gasteiger charge is 2.29. The number of hydrogen-bond donors (Lipinski definition) is 1. The molecule has 16 heavy (non-hydrogen) atoms. The van der Waals surface area contributed by atoms with E-state index < -0.39 is 0 Å². The van der Waals surface area contributed by atoms with Gasteiger partial charge in [0.05, 0.1) is 19.0 Å². The first-order chi connectivity index (χ1) is 7.77. The molecule has 0 bridgehead atoms. The summed E-state index contributed by atoms with van der Waals surface area (Å²) in [5.41, 5.74) is 7.41. The molecule has 0 amide bonds. The molecule has 4 nitrogen and oxygen atoms in total. The molecule has 4 heteroatoms. The van der Waals surface area contributed by atoms with Crippen molar-refractivity contribution in [2.45, 2.75) is 51.1 Å². The topological polar surface area (TPSA) is 53.1 Å². The summed E-state index contributed by atoms with van der Waals surface area (Å²) in [6, 6.07) is 0.254. The van der Waals surface area contributed by atoms with Crippen molar-refractivity contribution in [1.29, 1.82) is 0 Å². The SMILES string of the molecule is CCn1ncc(OC)c1C1CCCCC1N. The fraction of sp³-hybridized carbons (Fsp3) is 0.750. The van der Waals surface area contributed by atoms with Crippen LogP contribution in [-0.4, -0.2) is 22.9 Å². The van der Waals surface area contributed by atoms with Crippen molar-refractivity contribution in [2.75, 3.05) is 7.11 Å². The van der Waals surface area contributed by atoms with E-state index in [-0.39, 0.29) is 6.04 Å². The van der Waals surface area contributed by atoms with Gasteiger partial charge < -0.3 is 10.5 Å². The van der Waals surface area contributed by atoms with Gasteiger partial charge in [-0.2, -0.15) is 5.10 Å². The Kier molecular flexibility index (Phi) is 3.49. The first kappa shape index (κ1) is 11.5. The minimum atomic E-state index is 0.254. The molecule has 2 rings (SSSR count). The highest BCUT2D eigenvalue weighted by atomic mass is 16.5.